The third-order valence-corrected chi connectivity index (χ3v) is 1.51. The van der Waals surface area contributed by atoms with Gasteiger partial charge in [-0.1, -0.05) is 5.16 Å². The first-order valence-electron chi connectivity index (χ1n) is 3.71. The van der Waals surface area contributed by atoms with E-state index in [1.54, 1.807) is 6.20 Å². The topological polar surface area (TPSA) is 63.8 Å². The average molecular weight is 164 g/mol. The number of rotatable bonds is 2. The number of fused-ring (bicyclic) bond motifs is 1. The van der Waals surface area contributed by atoms with Crippen LogP contribution in [-0.2, 0) is 0 Å². The molecular weight excluding hydrogens is 156 g/mol. The second kappa shape index (κ2) is 2.77. The lowest BCUT2D eigenvalue weighted by Crippen LogP contribution is -1.99. The normalized spacial score (nSPS) is 10.4. The van der Waals surface area contributed by atoms with Crippen LogP contribution in [0.15, 0.2) is 17.0 Å². The average Bonchev–Trinajstić information content (AvgIpc) is 2.53. The quantitative estimate of drug-likeness (QED) is 0.718. The van der Waals surface area contributed by atoms with E-state index in [2.05, 4.69) is 20.4 Å². The summed E-state index contributed by atoms with van der Waals surface area (Å²) in [6, 6.07) is 0. The Kier molecular flexibility index (Phi) is 1.62. The van der Waals surface area contributed by atoms with Crippen LogP contribution in [0.3, 0.4) is 0 Å². The molecule has 0 aliphatic heterocycles. The van der Waals surface area contributed by atoms with Gasteiger partial charge in [-0.15, -0.1) is 0 Å². The first kappa shape index (κ1) is 7.02. The van der Waals surface area contributed by atoms with Gasteiger partial charge in [0, 0.05) is 6.54 Å². The van der Waals surface area contributed by atoms with E-state index in [0.717, 1.165) is 17.7 Å². The molecule has 2 rings (SSSR count). The van der Waals surface area contributed by atoms with Crippen molar-refractivity contribution < 1.29 is 4.52 Å². The van der Waals surface area contributed by atoms with Crippen LogP contribution in [0.25, 0.3) is 11.1 Å². The molecule has 0 atom stereocenters. The predicted octanol–water partition coefficient (Wildman–Crippen LogP) is 1.05. The summed E-state index contributed by atoms with van der Waals surface area (Å²) in [6.45, 7) is 2.82. The van der Waals surface area contributed by atoms with Crippen molar-refractivity contribution in [3.63, 3.8) is 0 Å². The van der Waals surface area contributed by atoms with Gasteiger partial charge in [-0.05, 0) is 6.92 Å². The van der Waals surface area contributed by atoms with E-state index in [-0.39, 0.29) is 0 Å². The zero-order chi connectivity index (χ0) is 8.39. The summed E-state index contributed by atoms with van der Waals surface area (Å²) >= 11 is 0. The molecule has 0 bridgehead atoms. The lowest BCUT2D eigenvalue weighted by atomic mass is 10.4. The van der Waals surface area contributed by atoms with E-state index in [1.807, 2.05) is 6.92 Å². The van der Waals surface area contributed by atoms with E-state index in [9.17, 15) is 0 Å². The molecule has 0 aromatic carbocycles. The highest BCUT2D eigenvalue weighted by molar-refractivity contribution is 5.83. The van der Waals surface area contributed by atoms with Gasteiger partial charge in [0.05, 0.1) is 6.20 Å². The zero-order valence-electron chi connectivity index (χ0n) is 6.61. The van der Waals surface area contributed by atoms with Crippen LogP contribution in [0.1, 0.15) is 6.92 Å². The largest absolute Gasteiger partial charge is 0.370 e. The smallest absolute Gasteiger partial charge is 0.262 e. The van der Waals surface area contributed by atoms with Gasteiger partial charge in [0.1, 0.15) is 17.5 Å². The third kappa shape index (κ3) is 0.990. The van der Waals surface area contributed by atoms with Crippen LogP contribution >= 0.6 is 0 Å². The Labute approximate surface area is 68.8 Å². The van der Waals surface area contributed by atoms with Crippen molar-refractivity contribution in [3.8, 4) is 0 Å². The molecule has 1 N–H and O–H groups in total. The first-order chi connectivity index (χ1) is 5.92. The molecule has 62 valence electrons. The van der Waals surface area contributed by atoms with Gasteiger partial charge in [0.25, 0.3) is 5.71 Å². The summed E-state index contributed by atoms with van der Waals surface area (Å²) in [5.41, 5.74) is 0.515. The fourth-order valence-electron chi connectivity index (χ4n) is 1.01. The summed E-state index contributed by atoms with van der Waals surface area (Å²) in [7, 11) is 0. The van der Waals surface area contributed by atoms with Crippen LogP contribution in [0.4, 0.5) is 5.82 Å². The van der Waals surface area contributed by atoms with Gasteiger partial charge in [-0.3, -0.25) is 0 Å². The van der Waals surface area contributed by atoms with Crippen molar-refractivity contribution in [2.24, 2.45) is 0 Å². The van der Waals surface area contributed by atoms with Crippen LogP contribution in [0.5, 0.6) is 0 Å². The molecule has 0 aliphatic rings. The maximum absolute atomic E-state index is 4.86. The lowest BCUT2D eigenvalue weighted by Gasteiger charge is -1.99. The Bertz CT molecular complexity index is 384. The van der Waals surface area contributed by atoms with Crippen LogP contribution < -0.4 is 5.32 Å². The molecule has 2 aromatic rings. The highest BCUT2D eigenvalue weighted by atomic mass is 16.5. The minimum atomic E-state index is 0.515. The number of nitrogens with one attached hydrogen (secondary N) is 1. The standard InChI is InChI=1S/C7H8N4O/c1-2-8-6-5-3-11-12-7(5)10-4-9-6/h3-4H,2H2,1H3,(H,8,9,10). The molecule has 0 radical (unpaired) electrons. The SMILES string of the molecule is CCNc1ncnc2oncc12. The van der Waals surface area contributed by atoms with Gasteiger partial charge in [0.15, 0.2) is 0 Å². The highest BCUT2D eigenvalue weighted by Crippen LogP contribution is 2.17. The summed E-state index contributed by atoms with van der Waals surface area (Å²) in [4.78, 5) is 7.95. The monoisotopic (exact) mass is 164 g/mol. The van der Waals surface area contributed by atoms with Crippen molar-refractivity contribution in [1.29, 1.82) is 0 Å². The van der Waals surface area contributed by atoms with Crippen LogP contribution in [0, 0.1) is 0 Å². The molecule has 0 unspecified atom stereocenters. The molecular formula is C7H8N4O. The van der Waals surface area contributed by atoms with Crippen LogP contribution in [0.2, 0.25) is 0 Å². The highest BCUT2D eigenvalue weighted by Gasteiger charge is 2.04. The number of hydrogen-bond acceptors (Lipinski definition) is 5. The molecule has 0 aliphatic carbocycles. The Balaban J connectivity index is 2.57. The van der Waals surface area contributed by atoms with Gasteiger partial charge in [0.2, 0.25) is 0 Å². The Hall–Kier alpha value is -1.65. The second-order valence-electron chi connectivity index (χ2n) is 2.30. The molecule has 0 amide bonds. The zero-order valence-corrected chi connectivity index (χ0v) is 6.61. The van der Waals surface area contributed by atoms with Gasteiger partial charge < -0.3 is 9.84 Å². The van der Waals surface area contributed by atoms with E-state index < -0.39 is 0 Å². The summed E-state index contributed by atoms with van der Waals surface area (Å²) in [5.74, 6) is 0.767. The van der Waals surface area contributed by atoms with Gasteiger partial charge in [-0.2, -0.15) is 4.98 Å². The lowest BCUT2D eigenvalue weighted by molar-refractivity contribution is 0.448. The number of anilines is 1. The van der Waals surface area contributed by atoms with Gasteiger partial charge >= 0.3 is 0 Å². The first-order valence-corrected chi connectivity index (χ1v) is 3.71. The van der Waals surface area contributed by atoms with E-state index in [1.165, 1.54) is 6.33 Å². The summed E-state index contributed by atoms with van der Waals surface area (Å²) < 4.78 is 4.86. The number of aromatic nitrogens is 3. The Morgan fingerprint density at radius 3 is 3.25 bits per heavy atom. The molecule has 5 nitrogen and oxygen atoms in total. The molecule has 2 heterocycles. The van der Waals surface area contributed by atoms with Crippen molar-refractivity contribution >= 4 is 16.9 Å². The van der Waals surface area contributed by atoms with Crippen LogP contribution in [-0.4, -0.2) is 21.7 Å². The van der Waals surface area contributed by atoms with E-state index in [0.29, 0.717) is 5.71 Å². The fraction of sp³-hybridized carbons (Fsp3) is 0.286. The minimum Gasteiger partial charge on any atom is -0.370 e. The summed E-state index contributed by atoms with van der Waals surface area (Å²) in [6.07, 6.45) is 3.05. The molecule has 0 fully saturated rings. The summed E-state index contributed by atoms with van der Waals surface area (Å²) in [5, 5.41) is 7.53. The Morgan fingerprint density at radius 1 is 1.50 bits per heavy atom. The molecule has 0 saturated carbocycles. The maximum Gasteiger partial charge on any atom is 0.262 e. The van der Waals surface area contributed by atoms with Crippen molar-refractivity contribution in [3.05, 3.63) is 12.5 Å². The fourth-order valence-corrected chi connectivity index (χ4v) is 1.01. The molecule has 5 heteroatoms. The minimum absolute atomic E-state index is 0.515. The molecule has 0 spiro atoms. The second-order valence-corrected chi connectivity index (χ2v) is 2.30. The third-order valence-electron chi connectivity index (χ3n) is 1.51. The van der Waals surface area contributed by atoms with Crippen molar-refractivity contribution in [1.82, 2.24) is 15.1 Å². The molecule has 0 saturated heterocycles. The van der Waals surface area contributed by atoms with Gasteiger partial charge in [-0.25, -0.2) is 4.98 Å². The van der Waals surface area contributed by atoms with E-state index in [4.69, 9.17) is 4.52 Å². The number of nitrogens with zero attached hydrogens (tertiary/aromatic N) is 3. The van der Waals surface area contributed by atoms with Crippen molar-refractivity contribution in [2.45, 2.75) is 6.92 Å². The molecule has 2 aromatic heterocycles. The number of hydrogen-bond donors (Lipinski definition) is 1. The van der Waals surface area contributed by atoms with E-state index >= 15 is 0 Å². The molecule has 12 heavy (non-hydrogen) atoms. The maximum atomic E-state index is 4.86. The Morgan fingerprint density at radius 2 is 2.42 bits per heavy atom. The predicted molar refractivity (Wildman–Crippen MR) is 43.8 cm³/mol. The van der Waals surface area contributed by atoms with Crippen molar-refractivity contribution in [2.75, 3.05) is 11.9 Å².